The molecule has 29 heavy (non-hydrogen) atoms. The van der Waals surface area contributed by atoms with E-state index in [0.29, 0.717) is 26.1 Å². The van der Waals surface area contributed by atoms with Crippen LogP contribution in [0.2, 0.25) is 0 Å². The van der Waals surface area contributed by atoms with Gasteiger partial charge in [0.05, 0.1) is 19.0 Å². The minimum atomic E-state index is -1.05. The van der Waals surface area contributed by atoms with E-state index in [1.165, 1.54) is 11.2 Å². The van der Waals surface area contributed by atoms with Crippen molar-refractivity contribution in [2.75, 3.05) is 19.7 Å². The quantitative estimate of drug-likeness (QED) is 0.595. The van der Waals surface area contributed by atoms with Gasteiger partial charge in [-0.05, 0) is 47.0 Å². The number of hydrogen-bond acceptors (Lipinski definition) is 5. The number of fused-ring (bicyclic) bond motifs is 1. The summed E-state index contributed by atoms with van der Waals surface area (Å²) in [5.41, 5.74) is -0.669. The Hall–Kier alpha value is -2.42. The lowest BCUT2D eigenvalue weighted by Crippen LogP contribution is -2.64. The molecular formula is C20H31N5O4. The number of hydrogen-bond donors (Lipinski definition) is 2. The average molecular weight is 405 g/mol. The lowest BCUT2D eigenvalue weighted by molar-refractivity contribution is -0.132. The highest BCUT2D eigenvalue weighted by Gasteiger charge is 2.48. The van der Waals surface area contributed by atoms with Gasteiger partial charge in [-0.15, -0.1) is 0 Å². The van der Waals surface area contributed by atoms with Crippen LogP contribution in [0.4, 0.5) is 0 Å². The molecule has 1 aliphatic carbocycles. The zero-order chi connectivity index (χ0) is 21.2. The number of ether oxygens (including phenoxy) is 1. The molecule has 1 fully saturated rings. The molecule has 1 aliphatic heterocycles. The van der Waals surface area contributed by atoms with E-state index in [-0.39, 0.29) is 47.8 Å². The Bertz CT molecular complexity index is 786. The van der Waals surface area contributed by atoms with Crippen LogP contribution < -0.4 is 10.6 Å². The summed E-state index contributed by atoms with van der Waals surface area (Å²) in [4.78, 5) is 44.3. The van der Waals surface area contributed by atoms with Gasteiger partial charge >= 0.3 is 0 Å². The van der Waals surface area contributed by atoms with Gasteiger partial charge < -0.3 is 24.8 Å². The SMILES string of the molecule is CCN1C(=O)c2c(C(=O)NC3CC3)ncn2C[C@@]1(C)C(=O)NCCCOC(C)C. The van der Waals surface area contributed by atoms with Crippen LogP contribution in [0.15, 0.2) is 6.33 Å². The zero-order valence-corrected chi connectivity index (χ0v) is 17.7. The van der Waals surface area contributed by atoms with Crippen molar-refractivity contribution in [3.8, 4) is 0 Å². The molecule has 1 aromatic rings. The van der Waals surface area contributed by atoms with Crippen molar-refractivity contribution in [3.63, 3.8) is 0 Å². The van der Waals surface area contributed by atoms with Crippen LogP contribution >= 0.6 is 0 Å². The fourth-order valence-electron chi connectivity index (χ4n) is 3.61. The average Bonchev–Trinajstić information content (AvgIpc) is 3.37. The predicted molar refractivity (Wildman–Crippen MR) is 107 cm³/mol. The van der Waals surface area contributed by atoms with Crippen molar-refractivity contribution in [1.29, 1.82) is 0 Å². The molecule has 9 heteroatoms. The number of imidazole rings is 1. The van der Waals surface area contributed by atoms with Crippen molar-refractivity contribution < 1.29 is 19.1 Å². The Morgan fingerprint density at radius 3 is 2.72 bits per heavy atom. The molecule has 3 amide bonds. The normalized spacial score (nSPS) is 21.3. The molecule has 0 radical (unpaired) electrons. The maximum absolute atomic E-state index is 13.2. The number of rotatable bonds is 9. The van der Waals surface area contributed by atoms with Crippen molar-refractivity contribution in [1.82, 2.24) is 25.1 Å². The fourth-order valence-corrected chi connectivity index (χ4v) is 3.61. The summed E-state index contributed by atoms with van der Waals surface area (Å²) in [6.07, 6.45) is 4.24. The summed E-state index contributed by atoms with van der Waals surface area (Å²) >= 11 is 0. The Morgan fingerprint density at radius 2 is 2.10 bits per heavy atom. The molecule has 1 aromatic heterocycles. The number of carbonyl (C=O) groups is 3. The maximum atomic E-state index is 13.2. The van der Waals surface area contributed by atoms with E-state index in [0.717, 1.165) is 12.8 Å². The van der Waals surface area contributed by atoms with E-state index in [2.05, 4.69) is 15.6 Å². The molecule has 9 nitrogen and oxygen atoms in total. The third kappa shape index (κ3) is 4.44. The molecule has 0 saturated heterocycles. The summed E-state index contributed by atoms with van der Waals surface area (Å²) < 4.78 is 7.11. The molecule has 0 unspecified atom stereocenters. The Balaban J connectivity index is 1.72. The highest BCUT2D eigenvalue weighted by atomic mass is 16.5. The number of nitrogens with zero attached hydrogens (tertiary/aromatic N) is 3. The van der Waals surface area contributed by atoms with Gasteiger partial charge in [-0.25, -0.2) is 4.98 Å². The number of likely N-dealkylation sites (N-methyl/N-ethyl adjacent to an activating group) is 1. The van der Waals surface area contributed by atoms with E-state index < -0.39 is 5.54 Å². The first-order valence-corrected chi connectivity index (χ1v) is 10.4. The molecule has 160 valence electrons. The molecule has 0 aromatic carbocycles. The van der Waals surface area contributed by atoms with Crippen LogP contribution in [0, 0.1) is 0 Å². The van der Waals surface area contributed by atoms with Gasteiger partial charge in [0.2, 0.25) is 5.91 Å². The summed E-state index contributed by atoms with van der Waals surface area (Å²) in [6.45, 7) is 9.16. The second kappa shape index (κ2) is 8.52. The second-order valence-corrected chi connectivity index (χ2v) is 8.17. The number of carbonyl (C=O) groups excluding carboxylic acids is 3. The highest BCUT2D eigenvalue weighted by molar-refractivity contribution is 6.07. The number of amides is 3. The van der Waals surface area contributed by atoms with E-state index >= 15 is 0 Å². The first-order valence-electron chi connectivity index (χ1n) is 10.4. The minimum absolute atomic E-state index is 0.133. The minimum Gasteiger partial charge on any atom is -0.379 e. The molecule has 1 atom stereocenters. The zero-order valence-electron chi connectivity index (χ0n) is 17.7. The maximum Gasteiger partial charge on any atom is 0.273 e. The Labute approximate surface area is 171 Å². The van der Waals surface area contributed by atoms with E-state index in [1.807, 2.05) is 20.8 Å². The largest absolute Gasteiger partial charge is 0.379 e. The van der Waals surface area contributed by atoms with Crippen LogP contribution in [-0.4, -0.2) is 69.6 Å². The molecule has 2 N–H and O–H groups in total. The molecule has 1 saturated carbocycles. The second-order valence-electron chi connectivity index (χ2n) is 8.17. The van der Waals surface area contributed by atoms with Crippen LogP contribution in [0.1, 0.15) is 67.9 Å². The third-order valence-corrected chi connectivity index (χ3v) is 5.35. The van der Waals surface area contributed by atoms with Gasteiger partial charge in [-0.1, -0.05) is 0 Å². The number of aromatic nitrogens is 2. The summed E-state index contributed by atoms with van der Waals surface area (Å²) in [5, 5.41) is 5.79. The molecule has 0 spiro atoms. The molecule has 2 aliphatic rings. The Morgan fingerprint density at radius 1 is 1.38 bits per heavy atom. The topological polar surface area (TPSA) is 106 Å². The summed E-state index contributed by atoms with van der Waals surface area (Å²) in [5.74, 6) is -0.901. The summed E-state index contributed by atoms with van der Waals surface area (Å²) in [7, 11) is 0. The predicted octanol–water partition coefficient (Wildman–Crippen LogP) is 0.941. The van der Waals surface area contributed by atoms with Crippen LogP contribution in [0.3, 0.4) is 0 Å². The van der Waals surface area contributed by atoms with Crippen molar-refractivity contribution in [2.24, 2.45) is 0 Å². The monoisotopic (exact) mass is 405 g/mol. The standard InChI is InChI=1S/C20H31N5O4/c1-5-25-18(27)16-15(17(26)23-14-7-8-14)22-12-24(16)11-20(25,4)19(28)21-9-6-10-29-13(2)3/h12-14H,5-11H2,1-4H3,(H,21,28)(H,23,26)/t20-/m0/s1. The van der Waals surface area contributed by atoms with Gasteiger partial charge in [-0.3, -0.25) is 14.4 Å². The molecule has 2 heterocycles. The first-order chi connectivity index (χ1) is 13.8. The van der Waals surface area contributed by atoms with Gasteiger partial charge in [0.25, 0.3) is 11.8 Å². The third-order valence-electron chi connectivity index (χ3n) is 5.35. The molecular weight excluding hydrogens is 374 g/mol. The lowest BCUT2D eigenvalue weighted by atomic mass is 9.94. The highest BCUT2D eigenvalue weighted by Crippen LogP contribution is 2.29. The van der Waals surface area contributed by atoms with E-state index in [1.54, 1.807) is 11.5 Å². The Kier molecular flexibility index (Phi) is 6.26. The van der Waals surface area contributed by atoms with Crippen LogP contribution in [-0.2, 0) is 16.1 Å². The van der Waals surface area contributed by atoms with Gasteiger partial charge in [0, 0.05) is 25.7 Å². The molecule has 3 rings (SSSR count). The van der Waals surface area contributed by atoms with Gasteiger partial charge in [0.15, 0.2) is 5.69 Å². The van der Waals surface area contributed by atoms with Crippen LogP contribution in [0.25, 0.3) is 0 Å². The van der Waals surface area contributed by atoms with E-state index in [9.17, 15) is 14.4 Å². The first kappa shape index (κ1) is 21.3. The summed E-state index contributed by atoms with van der Waals surface area (Å²) in [6, 6.07) is 0.177. The van der Waals surface area contributed by atoms with E-state index in [4.69, 9.17) is 4.74 Å². The van der Waals surface area contributed by atoms with Gasteiger partial charge in [0.1, 0.15) is 11.2 Å². The molecule has 0 bridgehead atoms. The van der Waals surface area contributed by atoms with Crippen LogP contribution in [0.5, 0.6) is 0 Å². The smallest absolute Gasteiger partial charge is 0.273 e. The van der Waals surface area contributed by atoms with Crippen molar-refractivity contribution >= 4 is 17.7 Å². The number of nitrogens with one attached hydrogen (secondary N) is 2. The lowest BCUT2D eigenvalue weighted by Gasteiger charge is -2.43. The fraction of sp³-hybridized carbons (Fsp3) is 0.700. The van der Waals surface area contributed by atoms with Crippen molar-refractivity contribution in [2.45, 2.75) is 71.2 Å². The van der Waals surface area contributed by atoms with Gasteiger partial charge in [-0.2, -0.15) is 0 Å². The van der Waals surface area contributed by atoms with Crippen molar-refractivity contribution in [3.05, 3.63) is 17.7 Å².